The van der Waals surface area contributed by atoms with Crippen molar-refractivity contribution in [2.75, 3.05) is 6.54 Å². The molecule has 3 N–H and O–H groups in total. The first-order valence-electron chi connectivity index (χ1n) is 8.80. The summed E-state index contributed by atoms with van der Waals surface area (Å²) in [5, 5.41) is 2.88. The first kappa shape index (κ1) is 22.7. The summed E-state index contributed by atoms with van der Waals surface area (Å²) in [5.41, 5.74) is 5.20. The average molecular weight is 395 g/mol. The van der Waals surface area contributed by atoms with E-state index in [1.165, 1.54) is 16.8 Å². The number of benzene rings is 1. The molecular weight excluding hydrogens is 368 g/mol. The lowest BCUT2D eigenvalue weighted by atomic mass is 9.93. The SMILES string of the molecule is CCC(CC)(CN)NC(=O)Cn1c(=O)ccn(Cc2ccccc2)c1=O.Cl. The molecule has 2 aromatic rings. The molecule has 1 amide bonds. The van der Waals surface area contributed by atoms with Gasteiger partial charge in [-0.3, -0.25) is 18.7 Å². The lowest BCUT2D eigenvalue weighted by Crippen LogP contribution is -2.55. The molecule has 0 radical (unpaired) electrons. The molecule has 27 heavy (non-hydrogen) atoms. The van der Waals surface area contributed by atoms with Gasteiger partial charge in [0, 0.05) is 18.8 Å². The maximum Gasteiger partial charge on any atom is 0.331 e. The van der Waals surface area contributed by atoms with Crippen LogP contribution in [0.3, 0.4) is 0 Å². The Hall–Kier alpha value is -2.38. The summed E-state index contributed by atoms with van der Waals surface area (Å²) in [4.78, 5) is 37.1. The molecule has 1 heterocycles. The fraction of sp³-hybridized carbons (Fsp3) is 0.421. The van der Waals surface area contributed by atoms with E-state index in [0.717, 1.165) is 10.1 Å². The topological polar surface area (TPSA) is 99.1 Å². The van der Waals surface area contributed by atoms with E-state index in [9.17, 15) is 14.4 Å². The highest BCUT2D eigenvalue weighted by Crippen LogP contribution is 2.12. The molecule has 1 aromatic heterocycles. The summed E-state index contributed by atoms with van der Waals surface area (Å²) in [6.45, 7) is 4.19. The highest BCUT2D eigenvalue weighted by atomic mass is 35.5. The van der Waals surface area contributed by atoms with E-state index >= 15 is 0 Å². The van der Waals surface area contributed by atoms with Gasteiger partial charge < -0.3 is 11.1 Å². The molecule has 0 aliphatic heterocycles. The van der Waals surface area contributed by atoms with Gasteiger partial charge in [0.05, 0.1) is 12.1 Å². The normalized spacial score (nSPS) is 10.9. The Kier molecular flexibility index (Phi) is 8.46. The van der Waals surface area contributed by atoms with Crippen LogP contribution in [0.5, 0.6) is 0 Å². The maximum absolute atomic E-state index is 12.6. The predicted molar refractivity (Wildman–Crippen MR) is 108 cm³/mol. The third-order valence-electron chi connectivity index (χ3n) is 4.79. The Morgan fingerprint density at radius 3 is 2.30 bits per heavy atom. The highest BCUT2D eigenvalue weighted by Gasteiger charge is 2.26. The molecule has 0 unspecified atom stereocenters. The van der Waals surface area contributed by atoms with Crippen LogP contribution >= 0.6 is 12.4 Å². The van der Waals surface area contributed by atoms with Gasteiger partial charge in [-0.05, 0) is 18.4 Å². The molecule has 0 aliphatic rings. The number of hydrogen-bond donors (Lipinski definition) is 2. The number of rotatable bonds is 8. The van der Waals surface area contributed by atoms with Gasteiger partial charge >= 0.3 is 5.69 Å². The summed E-state index contributed by atoms with van der Waals surface area (Å²) >= 11 is 0. The zero-order valence-corrected chi connectivity index (χ0v) is 16.5. The molecule has 8 heteroatoms. The van der Waals surface area contributed by atoms with Crippen molar-refractivity contribution in [2.24, 2.45) is 5.73 Å². The Labute approximate surface area is 164 Å². The Morgan fingerprint density at radius 1 is 1.11 bits per heavy atom. The molecule has 0 spiro atoms. The van der Waals surface area contributed by atoms with Crippen molar-refractivity contribution in [1.29, 1.82) is 0 Å². The highest BCUT2D eigenvalue weighted by molar-refractivity contribution is 5.85. The van der Waals surface area contributed by atoms with Crippen LogP contribution in [0.4, 0.5) is 0 Å². The number of nitrogens with one attached hydrogen (secondary N) is 1. The van der Waals surface area contributed by atoms with Crippen molar-refractivity contribution in [3.63, 3.8) is 0 Å². The minimum absolute atomic E-state index is 0. The van der Waals surface area contributed by atoms with E-state index in [1.54, 1.807) is 0 Å². The van der Waals surface area contributed by atoms with Gasteiger partial charge in [-0.25, -0.2) is 4.79 Å². The van der Waals surface area contributed by atoms with Crippen LogP contribution in [-0.4, -0.2) is 27.1 Å². The number of aromatic nitrogens is 2. The van der Waals surface area contributed by atoms with Crippen LogP contribution in [0.2, 0.25) is 0 Å². The summed E-state index contributed by atoms with van der Waals surface area (Å²) in [6.07, 6.45) is 2.80. The quantitative estimate of drug-likeness (QED) is 0.700. The van der Waals surface area contributed by atoms with Crippen LogP contribution in [-0.2, 0) is 17.9 Å². The van der Waals surface area contributed by atoms with E-state index in [0.29, 0.717) is 25.9 Å². The van der Waals surface area contributed by atoms with E-state index in [4.69, 9.17) is 5.73 Å². The monoisotopic (exact) mass is 394 g/mol. The molecule has 148 valence electrons. The summed E-state index contributed by atoms with van der Waals surface area (Å²) in [5.74, 6) is -0.393. The van der Waals surface area contributed by atoms with Gasteiger partial charge in [0.2, 0.25) is 5.91 Å². The molecule has 0 atom stereocenters. The number of nitrogens with two attached hydrogens (primary N) is 1. The smallest absolute Gasteiger partial charge is 0.331 e. The third kappa shape index (κ3) is 5.55. The second kappa shape index (κ2) is 10.1. The fourth-order valence-corrected chi connectivity index (χ4v) is 2.85. The van der Waals surface area contributed by atoms with Crippen molar-refractivity contribution >= 4 is 18.3 Å². The molecule has 0 aliphatic carbocycles. The molecule has 2 rings (SSSR count). The Balaban J connectivity index is 0.00000364. The number of hydrogen-bond acceptors (Lipinski definition) is 4. The van der Waals surface area contributed by atoms with Crippen molar-refractivity contribution in [2.45, 2.75) is 45.3 Å². The van der Waals surface area contributed by atoms with Gasteiger partial charge in [0.1, 0.15) is 6.54 Å². The van der Waals surface area contributed by atoms with E-state index in [2.05, 4.69) is 5.32 Å². The molecule has 0 bridgehead atoms. The zero-order valence-electron chi connectivity index (χ0n) is 15.7. The third-order valence-corrected chi connectivity index (χ3v) is 4.79. The summed E-state index contributed by atoms with van der Waals surface area (Å²) in [7, 11) is 0. The van der Waals surface area contributed by atoms with E-state index < -0.39 is 22.7 Å². The van der Waals surface area contributed by atoms with Gasteiger partial charge in [-0.15, -0.1) is 12.4 Å². The summed E-state index contributed by atoms with van der Waals surface area (Å²) < 4.78 is 2.37. The van der Waals surface area contributed by atoms with Gasteiger partial charge in [0.25, 0.3) is 5.56 Å². The van der Waals surface area contributed by atoms with Crippen molar-refractivity contribution in [3.8, 4) is 0 Å². The largest absolute Gasteiger partial charge is 0.348 e. The minimum Gasteiger partial charge on any atom is -0.348 e. The molecule has 0 saturated carbocycles. The minimum atomic E-state index is -0.515. The second-order valence-corrected chi connectivity index (χ2v) is 6.38. The number of amides is 1. The lowest BCUT2D eigenvalue weighted by Gasteiger charge is -2.31. The van der Waals surface area contributed by atoms with Crippen LogP contribution in [0.15, 0.2) is 52.2 Å². The number of carbonyl (C=O) groups is 1. The molecule has 7 nitrogen and oxygen atoms in total. The van der Waals surface area contributed by atoms with Crippen LogP contribution < -0.4 is 22.3 Å². The number of carbonyl (C=O) groups excluding carboxylic acids is 1. The van der Waals surface area contributed by atoms with Crippen LogP contribution in [0, 0.1) is 0 Å². The Bertz CT molecular complexity index is 849. The van der Waals surface area contributed by atoms with Gasteiger partial charge in [-0.2, -0.15) is 0 Å². The number of nitrogens with zero attached hydrogens (tertiary/aromatic N) is 2. The fourth-order valence-electron chi connectivity index (χ4n) is 2.85. The van der Waals surface area contributed by atoms with Gasteiger partial charge in [0.15, 0.2) is 0 Å². The average Bonchev–Trinajstić information content (AvgIpc) is 2.66. The second-order valence-electron chi connectivity index (χ2n) is 6.38. The van der Waals surface area contributed by atoms with Crippen molar-refractivity contribution in [3.05, 3.63) is 69.0 Å². The van der Waals surface area contributed by atoms with Crippen molar-refractivity contribution < 1.29 is 4.79 Å². The van der Waals surface area contributed by atoms with Gasteiger partial charge in [-0.1, -0.05) is 44.2 Å². The van der Waals surface area contributed by atoms with Crippen LogP contribution in [0.25, 0.3) is 0 Å². The standard InChI is InChI=1S/C19H26N4O3.ClH/c1-3-19(4-2,14-20)21-16(24)13-23-17(25)10-11-22(18(23)26)12-15-8-6-5-7-9-15;/h5-11H,3-4,12-14,20H2,1-2H3,(H,21,24);1H. The lowest BCUT2D eigenvalue weighted by molar-refractivity contribution is -0.123. The molecular formula is C19H27ClN4O3. The molecule has 0 fully saturated rings. The molecule has 0 saturated heterocycles. The zero-order chi connectivity index (χ0) is 19.2. The first-order valence-corrected chi connectivity index (χ1v) is 8.80. The maximum atomic E-state index is 12.6. The Morgan fingerprint density at radius 2 is 1.74 bits per heavy atom. The predicted octanol–water partition coefficient (Wildman–Crippen LogP) is 1.11. The van der Waals surface area contributed by atoms with Crippen LogP contribution in [0.1, 0.15) is 32.3 Å². The van der Waals surface area contributed by atoms with Crippen molar-refractivity contribution in [1.82, 2.24) is 14.5 Å². The van der Waals surface area contributed by atoms with E-state index in [1.807, 2.05) is 44.2 Å². The summed E-state index contributed by atoms with van der Waals surface area (Å²) in [6, 6.07) is 10.7. The first-order chi connectivity index (χ1) is 12.4. The van der Waals surface area contributed by atoms with E-state index in [-0.39, 0.29) is 19.0 Å². The molecule has 1 aromatic carbocycles. The number of halogens is 1.